The number of rotatable bonds is 5. The first-order valence-corrected chi connectivity index (χ1v) is 6.95. The van der Waals surface area contributed by atoms with Crippen LogP contribution in [-0.4, -0.2) is 26.0 Å². The molecule has 0 aliphatic rings. The van der Waals surface area contributed by atoms with Gasteiger partial charge in [0.25, 0.3) is 0 Å². The van der Waals surface area contributed by atoms with Crippen molar-refractivity contribution in [3.8, 4) is 0 Å². The minimum atomic E-state index is -0.638. The number of benzene rings is 1. The van der Waals surface area contributed by atoms with E-state index in [4.69, 9.17) is 0 Å². The van der Waals surface area contributed by atoms with Gasteiger partial charge in [0.2, 0.25) is 5.91 Å². The fourth-order valence-corrected chi connectivity index (χ4v) is 1.98. The number of amides is 1. The van der Waals surface area contributed by atoms with Crippen LogP contribution in [-0.2, 0) is 11.3 Å². The highest BCUT2D eigenvalue weighted by Gasteiger charge is 2.12. The normalized spacial score (nSPS) is 12.2. The molecule has 0 saturated heterocycles. The number of hydrogen-bond acceptors (Lipinski definition) is 4. The summed E-state index contributed by atoms with van der Waals surface area (Å²) in [6.07, 6.45) is 1.52. The third-order valence-corrected chi connectivity index (χ3v) is 3.47. The number of anilines is 1. The number of aryl methyl sites for hydroxylation is 1. The monoisotopic (exact) mass is 288 g/mol. The van der Waals surface area contributed by atoms with E-state index in [1.807, 2.05) is 39.0 Å². The van der Waals surface area contributed by atoms with Crippen LogP contribution >= 0.6 is 0 Å². The van der Waals surface area contributed by atoms with E-state index in [-0.39, 0.29) is 12.5 Å². The van der Waals surface area contributed by atoms with Gasteiger partial charge in [-0.1, -0.05) is 24.3 Å². The van der Waals surface area contributed by atoms with Crippen molar-refractivity contribution in [2.75, 3.05) is 5.32 Å². The third kappa shape index (κ3) is 3.66. The highest BCUT2D eigenvalue weighted by Crippen LogP contribution is 2.18. The van der Waals surface area contributed by atoms with Crippen molar-refractivity contribution >= 4 is 11.6 Å². The predicted molar refractivity (Wildman–Crippen MR) is 79.8 cm³/mol. The smallest absolute Gasteiger partial charge is 0.246 e. The summed E-state index contributed by atoms with van der Waals surface area (Å²) in [4.78, 5) is 12.0. The Morgan fingerprint density at radius 2 is 2.19 bits per heavy atom. The second-order valence-electron chi connectivity index (χ2n) is 5.06. The highest BCUT2D eigenvalue weighted by atomic mass is 16.3. The summed E-state index contributed by atoms with van der Waals surface area (Å²) in [7, 11) is 0. The molecule has 0 spiro atoms. The van der Waals surface area contributed by atoms with E-state index in [1.54, 1.807) is 6.20 Å². The average Bonchev–Trinajstić information content (AvgIpc) is 2.91. The number of carbonyl (C=O) groups is 1. The first-order valence-electron chi connectivity index (χ1n) is 6.95. The van der Waals surface area contributed by atoms with Crippen LogP contribution in [0, 0.1) is 13.8 Å². The molecule has 1 amide bonds. The largest absolute Gasteiger partial charge is 0.387 e. The molecule has 1 aromatic heterocycles. The van der Waals surface area contributed by atoms with Crippen molar-refractivity contribution in [1.82, 2.24) is 15.0 Å². The Kier molecular flexibility index (Phi) is 4.70. The van der Waals surface area contributed by atoms with Crippen LogP contribution in [0.1, 0.15) is 36.3 Å². The molecule has 2 aromatic rings. The van der Waals surface area contributed by atoms with Gasteiger partial charge < -0.3 is 10.4 Å². The summed E-state index contributed by atoms with van der Waals surface area (Å²) >= 11 is 0. The van der Waals surface area contributed by atoms with E-state index in [1.165, 1.54) is 4.68 Å². The van der Waals surface area contributed by atoms with Crippen LogP contribution in [0.15, 0.2) is 24.4 Å². The van der Waals surface area contributed by atoms with Crippen molar-refractivity contribution in [1.29, 1.82) is 0 Å². The minimum Gasteiger partial charge on any atom is -0.387 e. The van der Waals surface area contributed by atoms with E-state index in [0.29, 0.717) is 12.1 Å². The standard InChI is InChI=1S/C15H20N4O2/c1-4-14(20)13-8-19(18-17-13)9-15(21)16-12-7-5-6-10(2)11(12)3/h5-8,14,20H,4,9H2,1-3H3,(H,16,21). The van der Waals surface area contributed by atoms with E-state index in [9.17, 15) is 9.90 Å². The van der Waals surface area contributed by atoms with Crippen molar-refractivity contribution in [3.63, 3.8) is 0 Å². The van der Waals surface area contributed by atoms with Crippen LogP contribution in [0.25, 0.3) is 0 Å². The molecule has 0 aliphatic carbocycles. The summed E-state index contributed by atoms with van der Waals surface area (Å²) in [5.74, 6) is -0.175. The number of hydrogen-bond donors (Lipinski definition) is 2. The Labute approximate surface area is 123 Å². The van der Waals surface area contributed by atoms with Gasteiger partial charge in [0.15, 0.2) is 0 Å². The van der Waals surface area contributed by atoms with Crippen LogP contribution in [0.4, 0.5) is 5.69 Å². The van der Waals surface area contributed by atoms with Gasteiger partial charge in [-0.2, -0.15) is 0 Å². The summed E-state index contributed by atoms with van der Waals surface area (Å²) in [5.41, 5.74) is 3.46. The van der Waals surface area contributed by atoms with Gasteiger partial charge in [0.05, 0.1) is 12.3 Å². The molecular formula is C15H20N4O2. The lowest BCUT2D eigenvalue weighted by Gasteiger charge is -2.10. The maximum atomic E-state index is 12.0. The summed E-state index contributed by atoms with van der Waals surface area (Å²) < 4.78 is 1.43. The summed E-state index contributed by atoms with van der Waals surface area (Å²) in [6, 6.07) is 5.78. The Hall–Kier alpha value is -2.21. The minimum absolute atomic E-state index is 0.0663. The quantitative estimate of drug-likeness (QED) is 0.881. The zero-order valence-electron chi connectivity index (χ0n) is 12.5. The molecule has 0 radical (unpaired) electrons. The van der Waals surface area contributed by atoms with Crippen molar-refractivity contribution in [2.24, 2.45) is 0 Å². The number of carbonyl (C=O) groups excluding carboxylic acids is 1. The molecule has 112 valence electrons. The fourth-order valence-electron chi connectivity index (χ4n) is 1.98. The molecule has 0 aliphatic heterocycles. The maximum absolute atomic E-state index is 12.0. The zero-order valence-corrected chi connectivity index (χ0v) is 12.5. The fraction of sp³-hybridized carbons (Fsp3) is 0.400. The second kappa shape index (κ2) is 6.49. The van der Waals surface area contributed by atoms with Crippen LogP contribution in [0.2, 0.25) is 0 Å². The molecule has 1 heterocycles. The van der Waals surface area contributed by atoms with Crippen molar-refractivity contribution < 1.29 is 9.90 Å². The third-order valence-electron chi connectivity index (χ3n) is 3.47. The van der Waals surface area contributed by atoms with Crippen molar-refractivity contribution in [3.05, 3.63) is 41.2 Å². The Bertz CT molecular complexity index is 636. The summed E-state index contributed by atoms with van der Waals surface area (Å²) in [6.45, 7) is 5.89. The van der Waals surface area contributed by atoms with Gasteiger partial charge in [0, 0.05) is 5.69 Å². The maximum Gasteiger partial charge on any atom is 0.246 e. The topological polar surface area (TPSA) is 80.0 Å². The van der Waals surface area contributed by atoms with E-state index >= 15 is 0 Å². The number of nitrogens with one attached hydrogen (secondary N) is 1. The Morgan fingerprint density at radius 1 is 1.43 bits per heavy atom. The highest BCUT2D eigenvalue weighted by molar-refractivity contribution is 5.91. The van der Waals surface area contributed by atoms with Gasteiger partial charge in [-0.3, -0.25) is 4.79 Å². The number of aliphatic hydroxyl groups excluding tert-OH is 1. The van der Waals surface area contributed by atoms with Crippen molar-refractivity contribution in [2.45, 2.75) is 39.8 Å². The molecule has 1 atom stereocenters. The predicted octanol–water partition coefficient (Wildman–Crippen LogP) is 1.98. The molecule has 21 heavy (non-hydrogen) atoms. The number of aromatic nitrogens is 3. The van der Waals surface area contributed by atoms with Crippen LogP contribution in [0.3, 0.4) is 0 Å². The molecule has 0 bridgehead atoms. The molecule has 2 rings (SSSR count). The van der Waals surface area contributed by atoms with E-state index in [2.05, 4.69) is 15.6 Å². The molecule has 0 saturated carbocycles. The zero-order chi connectivity index (χ0) is 15.4. The number of nitrogens with zero attached hydrogens (tertiary/aromatic N) is 3. The van der Waals surface area contributed by atoms with E-state index in [0.717, 1.165) is 16.8 Å². The first kappa shape index (κ1) is 15.2. The lowest BCUT2D eigenvalue weighted by molar-refractivity contribution is -0.116. The van der Waals surface area contributed by atoms with Gasteiger partial charge >= 0.3 is 0 Å². The SMILES string of the molecule is CCC(O)c1cn(CC(=O)Nc2cccc(C)c2C)nn1. The van der Waals surface area contributed by atoms with Gasteiger partial charge in [-0.25, -0.2) is 4.68 Å². The summed E-state index contributed by atoms with van der Waals surface area (Å²) in [5, 5.41) is 20.2. The molecule has 0 fully saturated rings. The molecule has 1 unspecified atom stereocenters. The van der Waals surface area contributed by atoms with Gasteiger partial charge in [-0.15, -0.1) is 5.10 Å². The molecule has 1 aromatic carbocycles. The average molecular weight is 288 g/mol. The van der Waals surface area contributed by atoms with Gasteiger partial charge in [0.1, 0.15) is 12.2 Å². The van der Waals surface area contributed by atoms with E-state index < -0.39 is 6.10 Å². The molecule has 6 nitrogen and oxygen atoms in total. The first-order chi connectivity index (χ1) is 10.0. The Balaban J connectivity index is 2.02. The lowest BCUT2D eigenvalue weighted by atomic mass is 10.1. The van der Waals surface area contributed by atoms with Gasteiger partial charge in [-0.05, 0) is 37.5 Å². The van der Waals surface area contributed by atoms with Crippen LogP contribution < -0.4 is 5.32 Å². The second-order valence-corrected chi connectivity index (χ2v) is 5.06. The number of aliphatic hydroxyl groups is 1. The molecule has 2 N–H and O–H groups in total. The lowest BCUT2D eigenvalue weighted by Crippen LogP contribution is -2.19. The molecular weight excluding hydrogens is 268 g/mol. The molecule has 6 heteroatoms. The van der Waals surface area contributed by atoms with Crippen LogP contribution in [0.5, 0.6) is 0 Å². The Morgan fingerprint density at radius 3 is 2.90 bits per heavy atom.